The number of anilines is 1. The zero-order valence-corrected chi connectivity index (χ0v) is 20.6. The maximum atomic E-state index is 13.2. The van der Waals surface area contributed by atoms with Gasteiger partial charge < -0.3 is 15.7 Å². The minimum absolute atomic E-state index is 0.0164. The lowest BCUT2D eigenvalue weighted by Crippen LogP contribution is -2.63. The highest BCUT2D eigenvalue weighted by molar-refractivity contribution is 7.09. The molecular formula is C25H25F3N6O2S. The Hall–Kier alpha value is -3.27. The number of rotatable bonds is 6. The molecule has 1 saturated heterocycles. The van der Waals surface area contributed by atoms with E-state index in [1.54, 1.807) is 11.7 Å². The molecule has 1 aromatic carbocycles. The van der Waals surface area contributed by atoms with Crippen molar-refractivity contribution in [2.45, 2.75) is 49.5 Å². The van der Waals surface area contributed by atoms with Gasteiger partial charge in [-0.3, -0.25) is 14.7 Å². The molecular weight excluding hydrogens is 505 g/mol. The number of halogens is 3. The number of alkyl halides is 3. The summed E-state index contributed by atoms with van der Waals surface area (Å²) in [4.78, 5) is 23.9. The molecule has 3 heterocycles. The van der Waals surface area contributed by atoms with Gasteiger partial charge in [0.05, 0.1) is 34.1 Å². The Morgan fingerprint density at radius 3 is 2.68 bits per heavy atom. The fourth-order valence-electron chi connectivity index (χ4n) is 5.10. The molecule has 37 heavy (non-hydrogen) atoms. The topological polar surface area (TPSA) is 114 Å². The van der Waals surface area contributed by atoms with Crippen molar-refractivity contribution < 1.29 is 23.1 Å². The molecule has 2 fully saturated rings. The molecule has 5 rings (SSSR count). The molecule has 0 radical (unpaired) electrons. The van der Waals surface area contributed by atoms with Crippen molar-refractivity contribution in [2.24, 2.45) is 0 Å². The largest absolute Gasteiger partial charge is 0.416 e. The number of amides is 1. The summed E-state index contributed by atoms with van der Waals surface area (Å²) in [6.45, 7) is 1.27. The SMILES string of the molecule is N#Cc1cc(NCC(=O)NC2CN([C@H]3CC[C@@](O)(c4cncs4)CC3)C2)c2cc(C(F)(F)F)ccc2n1. The Morgan fingerprint density at radius 1 is 1.27 bits per heavy atom. The van der Waals surface area contributed by atoms with Gasteiger partial charge in [0.15, 0.2) is 0 Å². The van der Waals surface area contributed by atoms with E-state index < -0.39 is 17.3 Å². The monoisotopic (exact) mass is 530 g/mol. The van der Waals surface area contributed by atoms with E-state index in [0.717, 1.165) is 29.9 Å². The lowest BCUT2D eigenvalue weighted by atomic mass is 9.80. The molecule has 3 N–H and O–H groups in total. The van der Waals surface area contributed by atoms with E-state index in [9.17, 15) is 28.3 Å². The highest BCUT2D eigenvalue weighted by Crippen LogP contribution is 2.40. The lowest BCUT2D eigenvalue weighted by molar-refractivity contribution is -0.137. The number of hydrogen-bond donors (Lipinski definition) is 3. The average Bonchev–Trinajstić information content (AvgIpc) is 3.40. The van der Waals surface area contributed by atoms with E-state index in [1.807, 2.05) is 6.07 Å². The summed E-state index contributed by atoms with van der Waals surface area (Å²) in [5.41, 5.74) is 0.621. The predicted molar refractivity (Wildman–Crippen MR) is 132 cm³/mol. The maximum Gasteiger partial charge on any atom is 0.416 e. The highest BCUT2D eigenvalue weighted by Gasteiger charge is 2.41. The minimum atomic E-state index is -4.52. The summed E-state index contributed by atoms with van der Waals surface area (Å²) in [6.07, 6.45) is 0.306. The molecule has 2 aliphatic rings. The Balaban J connectivity index is 1.14. The Kier molecular flexibility index (Phi) is 6.78. The summed E-state index contributed by atoms with van der Waals surface area (Å²) in [5.74, 6) is -0.289. The van der Waals surface area contributed by atoms with Gasteiger partial charge in [-0.15, -0.1) is 11.3 Å². The average molecular weight is 531 g/mol. The third kappa shape index (κ3) is 5.39. The van der Waals surface area contributed by atoms with Crippen LogP contribution in [0.5, 0.6) is 0 Å². The van der Waals surface area contributed by atoms with Crippen molar-refractivity contribution in [1.29, 1.82) is 5.26 Å². The Bertz CT molecular complexity index is 1330. The lowest BCUT2D eigenvalue weighted by Gasteiger charge is -2.48. The summed E-state index contributed by atoms with van der Waals surface area (Å²) in [6, 6.07) is 6.68. The molecule has 0 bridgehead atoms. The fraction of sp³-hybridized carbons (Fsp3) is 0.440. The summed E-state index contributed by atoms with van der Waals surface area (Å²) in [7, 11) is 0. The van der Waals surface area contributed by atoms with Crippen LogP contribution in [-0.2, 0) is 16.6 Å². The number of pyridine rings is 1. The number of nitrogens with zero attached hydrogens (tertiary/aromatic N) is 4. The molecule has 12 heteroatoms. The van der Waals surface area contributed by atoms with Crippen LogP contribution < -0.4 is 10.6 Å². The quantitative estimate of drug-likeness (QED) is 0.446. The molecule has 194 valence electrons. The van der Waals surface area contributed by atoms with Gasteiger partial charge in [-0.05, 0) is 49.9 Å². The van der Waals surface area contributed by atoms with Crippen LogP contribution in [0.1, 0.15) is 41.8 Å². The Morgan fingerprint density at radius 2 is 2.03 bits per heavy atom. The first kappa shape index (κ1) is 25.4. The number of nitriles is 1. The van der Waals surface area contributed by atoms with Gasteiger partial charge in [0.2, 0.25) is 5.91 Å². The first-order valence-electron chi connectivity index (χ1n) is 12.0. The predicted octanol–water partition coefficient (Wildman–Crippen LogP) is 3.62. The van der Waals surface area contributed by atoms with Crippen LogP contribution in [0, 0.1) is 11.3 Å². The third-order valence-electron chi connectivity index (χ3n) is 7.15. The van der Waals surface area contributed by atoms with Gasteiger partial charge in [-0.25, -0.2) is 4.98 Å². The van der Waals surface area contributed by atoms with Crippen molar-refractivity contribution in [3.8, 4) is 6.07 Å². The number of carbonyl (C=O) groups excluding carboxylic acids is 1. The third-order valence-corrected chi connectivity index (χ3v) is 8.12. The molecule has 8 nitrogen and oxygen atoms in total. The first-order valence-corrected chi connectivity index (χ1v) is 12.8. The zero-order chi connectivity index (χ0) is 26.2. The van der Waals surface area contributed by atoms with Crippen LogP contribution in [0.3, 0.4) is 0 Å². The van der Waals surface area contributed by atoms with Crippen LogP contribution in [0.15, 0.2) is 36.0 Å². The van der Waals surface area contributed by atoms with Crippen molar-refractivity contribution in [1.82, 2.24) is 20.2 Å². The first-order chi connectivity index (χ1) is 17.6. The van der Waals surface area contributed by atoms with Crippen LogP contribution in [0.2, 0.25) is 0 Å². The summed E-state index contributed by atoms with van der Waals surface area (Å²) >= 11 is 1.47. The number of aliphatic hydroxyl groups is 1. The van der Waals surface area contributed by atoms with Gasteiger partial charge in [0.1, 0.15) is 17.4 Å². The van der Waals surface area contributed by atoms with Gasteiger partial charge >= 0.3 is 6.18 Å². The molecule has 0 atom stereocenters. The number of thiazole rings is 1. The van der Waals surface area contributed by atoms with Crippen LogP contribution in [-0.4, -0.2) is 57.6 Å². The number of carbonyl (C=O) groups is 1. The number of likely N-dealkylation sites (tertiary alicyclic amines) is 1. The maximum absolute atomic E-state index is 13.2. The van der Waals surface area contributed by atoms with E-state index in [1.165, 1.54) is 23.5 Å². The van der Waals surface area contributed by atoms with Gasteiger partial charge in [-0.2, -0.15) is 18.4 Å². The summed E-state index contributed by atoms with van der Waals surface area (Å²) < 4.78 is 39.6. The number of hydrogen-bond acceptors (Lipinski definition) is 8. The number of fused-ring (bicyclic) bond motifs is 1. The van der Waals surface area contributed by atoms with Crippen LogP contribution in [0.4, 0.5) is 18.9 Å². The van der Waals surface area contributed by atoms with Crippen LogP contribution in [0.25, 0.3) is 10.9 Å². The molecule has 1 aliphatic carbocycles. The molecule has 2 aromatic heterocycles. The molecule has 0 unspecified atom stereocenters. The molecule has 1 aliphatic heterocycles. The summed E-state index contributed by atoms with van der Waals surface area (Å²) in [5, 5.41) is 26.1. The van der Waals surface area contributed by atoms with Crippen LogP contribution >= 0.6 is 11.3 Å². The molecule has 0 spiro atoms. The molecule has 3 aromatic rings. The minimum Gasteiger partial charge on any atom is -0.384 e. The standard InChI is InChI=1S/C25H25F3N6O2S/c26-25(27,28)15-1-2-20-19(7-15)21(8-16(9-29)32-20)31-11-23(35)33-17-12-34(13-17)18-3-5-24(36,6-4-18)22-10-30-14-37-22/h1-2,7-8,10,14,17-18,36H,3-6,11-13H2,(H,31,32)(H,33,35)/t18-,24-. The Labute approximate surface area is 215 Å². The van der Waals surface area contributed by atoms with Gasteiger partial charge in [0.25, 0.3) is 0 Å². The highest BCUT2D eigenvalue weighted by atomic mass is 32.1. The normalized spacial score (nSPS) is 22.8. The van der Waals surface area contributed by atoms with E-state index in [-0.39, 0.29) is 40.8 Å². The van der Waals surface area contributed by atoms with Crippen molar-refractivity contribution in [2.75, 3.05) is 25.0 Å². The number of benzene rings is 1. The van der Waals surface area contributed by atoms with E-state index in [0.29, 0.717) is 32.0 Å². The number of aromatic nitrogens is 2. The molecule has 1 saturated carbocycles. The van der Waals surface area contributed by atoms with Gasteiger partial charge in [-0.1, -0.05) is 0 Å². The zero-order valence-electron chi connectivity index (χ0n) is 19.8. The van der Waals surface area contributed by atoms with Crippen molar-refractivity contribution >= 4 is 33.8 Å². The van der Waals surface area contributed by atoms with E-state index in [2.05, 4.69) is 25.5 Å². The second kappa shape index (κ2) is 9.89. The van der Waals surface area contributed by atoms with E-state index in [4.69, 9.17) is 0 Å². The second-order valence-electron chi connectivity index (χ2n) is 9.60. The smallest absolute Gasteiger partial charge is 0.384 e. The van der Waals surface area contributed by atoms with Crippen molar-refractivity contribution in [3.05, 3.63) is 52.1 Å². The second-order valence-corrected chi connectivity index (χ2v) is 10.5. The van der Waals surface area contributed by atoms with E-state index >= 15 is 0 Å². The number of nitrogens with one attached hydrogen (secondary N) is 2. The van der Waals surface area contributed by atoms with Crippen molar-refractivity contribution in [3.63, 3.8) is 0 Å². The molecule has 1 amide bonds. The fourth-order valence-corrected chi connectivity index (χ4v) is 5.88. The van der Waals surface area contributed by atoms with Gasteiger partial charge in [0, 0.05) is 36.4 Å².